The van der Waals surface area contributed by atoms with Gasteiger partial charge in [-0.15, -0.1) is 0 Å². The van der Waals surface area contributed by atoms with Crippen molar-refractivity contribution in [3.05, 3.63) is 42.2 Å². The third kappa shape index (κ3) is 3.10. The zero-order valence-corrected chi connectivity index (χ0v) is 15.2. The fourth-order valence-electron chi connectivity index (χ4n) is 3.17. The molecule has 0 radical (unpaired) electrons. The zero-order valence-electron chi connectivity index (χ0n) is 14.4. The maximum Gasteiger partial charge on any atom is 0.247 e. The summed E-state index contributed by atoms with van der Waals surface area (Å²) < 4.78 is 44.6. The van der Waals surface area contributed by atoms with Crippen molar-refractivity contribution in [2.75, 3.05) is 26.3 Å². The van der Waals surface area contributed by atoms with E-state index in [-0.39, 0.29) is 11.0 Å². The molecule has 0 unspecified atom stereocenters. The zero-order chi connectivity index (χ0) is 18.1. The Bertz CT molecular complexity index is 916. The van der Waals surface area contributed by atoms with Crippen LogP contribution < -0.4 is 14.2 Å². The van der Waals surface area contributed by atoms with Gasteiger partial charge in [0.2, 0.25) is 10.0 Å². The number of para-hydroxylation sites is 1. The summed E-state index contributed by atoms with van der Waals surface area (Å²) in [5.41, 5.74) is 0.788. The molecule has 0 saturated carbocycles. The molecule has 1 atom stereocenters. The van der Waals surface area contributed by atoms with E-state index in [1.54, 1.807) is 30.5 Å². The molecule has 3 heterocycles. The van der Waals surface area contributed by atoms with Crippen molar-refractivity contribution in [3.8, 4) is 17.2 Å². The Kier molecular flexibility index (Phi) is 4.46. The summed E-state index contributed by atoms with van der Waals surface area (Å²) in [6.07, 6.45) is 2.12. The van der Waals surface area contributed by atoms with Crippen molar-refractivity contribution < 1.29 is 22.6 Å². The normalized spacial score (nSPS) is 20.1. The van der Waals surface area contributed by atoms with Crippen molar-refractivity contribution in [2.45, 2.75) is 24.3 Å². The van der Waals surface area contributed by atoms with Crippen molar-refractivity contribution in [3.63, 3.8) is 0 Å². The molecule has 2 aliphatic heterocycles. The van der Waals surface area contributed by atoms with E-state index in [1.165, 1.54) is 4.31 Å². The Morgan fingerprint density at radius 1 is 1.19 bits per heavy atom. The molecule has 1 saturated heterocycles. The molecule has 7 nitrogen and oxygen atoms in total. The van der Waals surface area contributed by atoms with E-state index in [0.717, 1.165) is 5.69 Å². The smallest absolute Gasteiger partial charge is 0.247 e. The van der Waals surface area contributed by atoms with E-state index < -0.39 is 10.0 Å². The van der Waals surface area contributed by atoms with E-state index in [4.69, 9.17) is 14.2 Å². The van der Waals surface area contributed by atoms with Crippen LogP contribution >= 0.6 is 0 Å². The fourth-order valence-corrected chi connectivity index (χ4v) is 4.81. The minimum absolute atomic E-state index is 0.146. The van der Waals surface area contributed by atoms with Gasteiger partial charge in [0, 0.05) is 12.7 Å². The van der Waals surface area contributed by atoms with Gasteiger partial charge in [0.25, 0.3) is 0 Å². The average molecular weight is 376 g/mol. The van der Waals surface area contributed by atoms with Crippen LogP contribution in [0.1, 0.15) is 12.1 Å². The van der Waals surface area contributed by atoms with Crippen LogP contribution in [0, 0.1) is 6.92 Å². The molecule has 0 spiro atoms. The Morgan fingerprint density at radius 2 is 2.04 bits per heavy atom. The molecule has 26 heavy (non-hydrogen) atoms. The number of hydrogen-bond donors (Lipinski definition) is 0. The van der Waals surface area contributed by atoms with Gasteiger partial charge in [-0.1, -0.05) is 6.07 Å². The Hall–Kier alpha value is -2.32. The largest absolute Gasteiger partial charge is 0.487 e. The minimum atomic E-state index is -3.68. The van der Waals surface area contributed by atoms with Crippen LogP contribution in [0.25, 0.3) is 0 Å². The van der Waals surface area contributed by atoms with Gasteiger partial charge in [0.1, 0.15) is 30.0 Å². The second-order valence-corrected chi connectivity index (χ2v) is 8.17. The van der Waals surface area contributed by atoms with Crippen LogP contribution in [0.4, 0.5) is 0 Å². The predicted octanol–water partition coefficient (Wildman–Crippen LogP) is 2.00. The predicted molar refractivity (Wildman–Crippen MR) is 94.2 cm³/mol. The molecule has 0 bridgehead atoms. The number of aromatic nitrogens is 1. The van der Waals surface area contributed by atoms with Gasteiger partial charge < -0.3 is 14.2 Å². The van der Waals surface area contributed by atoms with Crippen LogP contribution in [0.15, 0.2) is 41.4 Å². The number of rotatable bonds is 4. The lowest BCUT2D eigenvalue weighted by atomic mass is 10.3. The molecule has 2 aliphatic rings. The number of hydrogen-bond acceptors (Lipinski definition) is 6. The molecule has 0 amide bonds. The lowest BCUT2D eigenvalue weighted by Gasteiger charge is -2.23. The first-order valence-corrected chi connectivity index (χ1v) is 9.97. The number of pyridine rings is 1. The highest BCUT2D eigenvalue weighted by atomic mass is 32.2. The number of ether oxygens (including phenoxy) is 3. The summed E-state index contributed by atoms with van der Waals surface area (Å²) in [5.74, 6) is 1.45. The summed E-state index contributed by atoms with van der Waals surface area (Å²) in [5, 5.41) is 0. The molecule has 8 heteroatoms. The first-order chi connectivity index (χ1) is 12.6. The highest BCUT2D eigenvalue weighted by molar-refractivity contribution is 7.89. The van der Waals surface area contributed by atoms with Gasteiger partial charge in [-0.05, 0) is 37.6 Å². The fraction of sp³-hybridized carbons (Fsp3) is 0.389. The van der Waals surface area contributed by atoms with Gasteiger partial charge in [0.05, 0.1) is 12.2 Å². The third-order valence-corrected chi connectivity index (χ3v) is 6.40. The Morgan fingerprint density at radius 3 is 2.88 bits per heavy atom. The molecule has 1 fully saturated rings. The van der Waals surface area contributed by atoms with Crippen LogP contribution in [0.5, 0.6) is 17.2 Å². The molecular formula is C18H20N2O5S. The van der Waals surface area contributed by atoms with E-state index in [2.05, 4.69) is 4.98 Å². The number of sulfonamides is 1. The second kappa shape index (κ2) is 6.77. The molecule has 1 aromatic carbocycles. The lowest BCUT2D eigenvalue weighted by Crippen LogP contribution is -2.32. The monoisotopic (exact) mass is 376 g/mol. The first-order valence-electron chi connectivity index (χ1n) is 8.53. The van der Waals surface area contributed by atoms with Gasteiger partial charge in [-0.3, -0.25) is 4.98 Å². The van der Waals surface area contributed by atoms with Gasteiger partial charge >= 0.3 is 0 Å². The summed E-state index contributed by atoms with van der Waals surface area (Å²) in [6, 6.07) is 8.60. The SMILES string of the molecule is Cc1ncccc1O[C@H]1CCN(S(=O)(=O)c2cccc3c2OCCO3)C1. The van der Waals surface area contributed by atoms with E-state index in [0.29, 0.717) is 50.0 Å². The topological polar surface area (TPSA) is 78.0 Å². The van der Waals surface area contributed by atoms with Crippen LogP contribution in [-0.4, -0.2) is 50.1 Å². The number of nitrogens with zero attached hydrogens (tertiary/aromatic N) is 2. The molecular weight excluding hydrogens is 356 g/mol. The Balaban J connectivity index is 1.54. The maximum atomic E-state index is 13.1. The molecule has 1 aromatic heterocycles. The highest BCUT2D eigenvalue weighted by Crippen LogP contribution is 2.38. The van der Waals surface area contributed by atoms with Crippen molar-refractivity contribution in [1.29, 1.82) is 0 Å². The maximum absolute atomic E-state index is 13.1. The summed E-state index contributed by atoms with van der Waals surface area (Å²) in [6.45, 7) is 3.32. The van der Waals surface area contributed by atoms with Gasteiger partial charge in [0.15, 0.2) is 11.5 Å². The van der Waals surface area contributed by atoms with Gasteiger partial charge in [-0.25, -0.2) is 8.42 Å². The Labute approximate surface area is 152 Å². The highest BCUT2D eigenvalue weighted by Gasteiger charge is 2.36. The second-order valence-electron chi connectivity index (χ2n) is 6.26. The van der Waals surface area contributed by atoms with Crippen LogP contribution in [-0.2, 0) is 10.0 Å². The summed E-state index contributed by atoms with van der Waals surface area (Å²) in [4.78, 5) is 4.34. The third-order valence-electron chi connectivity index (χ3n) is 4.51. The minimum Gasteiger partial charge on any atom is -0.487 e. The standard InChI is InChI=1S/C18H20N2O5S/c1-13-15(5-3-8-19-13)25-14-7-9-20(12-14)26(21,22)17-6-2-4-16-18(17)24-11-10-23-16/h2-6,8,14H,7,9-12H2,1H3/t14-/m0/s1. The molecule has 0 N–H and O–H groups in total. The number of fused-ring (bicyclic) bond motifs is 1. The van der Waals surface area contributed by atoms with E-state index in [9.17, 15) is 8.42 Å². The van der Waals surface area contributed by atoms with Crippen molar-refractivity contribution in [1.82, 2.24) is 9.29 Å². The van der Waals surface area contributed by atoms with E-state index >= 15 is 0 Å². The lowest BCUT2D eigenvalue weighted by molar-refractivity contribution is 0.166. The quantitative estimate of drug-likeness (QED) is 0.812. The van der Waals surface area contributed by atoms with Crippen LogP contribution in [0.2, 0.25) is 0 Å². The summed E-state index contributed by atoms with van der Waals surface area (Å²) >= 11 is 0. The first kappa shape index (κ1) is 17.1. The van der Waals surface area contributed by atoms with Crippen LogP contribution in [0.3, 0.4) is 0 Å². The molecule has 138 valence electrons. The van der Waals surface area contributed by atoms with Gasteiger partial charge in [-0.2, -0.15) is 4.31 Å². The van der Waals surface area contributed by atoms with Crippen molar-refractivity contribution >= 4 is 10.0 Å². The average Bonchev–Trinajstić information content (AvgIpc) is 3.12. The molecule has 4 rings (SSSR count). The van der Waals surface area contributed by atoms with Crippen molar-refractivity contribution in [2.24, 2.45) is 0 Å². The molecule has 2 aromatic rings. The van der Waals surface area contributed by atoms with E-state index in [1.807, 2.05) is 13.0 Å². The summed E-state index contributed by atoms with van der Waals surface area (Å²) in [7, 11) is -3.68. The number of aryl methyl sites for hydroxylation is 1. The molecule has 0 aliphatic carbocycles. The number of benzene rings is 1.